The lowest BCUT2D eigenvalue weighted by molar-refractivity contribution is 0.669. The summed E-state index contributed by atoms with van der Waals surface area (Å²) in [6.07, 6.45) is 0. The molecule has 0 aliphatic rings. The minimum atomic E-state index is 0.414. The highest BCUT2D eigenvalue weighted by Crippen LogP contribution is 2.50. The molecule has 12 aromatic rings. The van der Waals surface area contributed by atoms with Crippen molar-refractivity contribution in [3.63, 3.8) is 0 Å². The summed E-state index contributed by atoms with van der Waals surface area (Å²) in [5.41, 5.74) is 12.3. The van der Waals surface area contributed by atoms with E-state index in [0.29, 0.717) is 5.92 Å². The molecule has 296 valence electrons. The number of aryl methyl sites for hydroxylation is 1. The van der Waals surface area contributed by atoms with Gasteiger partial charge in [-0.25, -0.2) is 0 Å². The van der Waals surface area contributed by atoms with Crippen LogP contribution in [0.3, 0.4) is 0 Å². The van der Waals surface area contributed by atoms with Gasteiger partial charge in [0.2, 0.25) is 0 Å². The van der Waals surface area contributed by atoms with Crippen LogP contribution in [0.4, 0.5) is 34.1 Å². The molecule has 0 aliphatic heterocycles. The van der Waals surface area contributed by atoms with Crippen LogP contribution < -0.4 is 9.80 Å². The van der Waals surface area contributed by atoms with E-state index < -0.39 is 0 Å². The number of anilines is 6. The van der Waals surface area contributed by atoms with Crippen molar-refractivity contribution in [2.45, 2.75) is 26.7 Å². The van der Waals surface area contributed by atoms with Gasteiger partial charge in [-0.3, -0.25) is 0 Å². The lowest BCUT2D eigenvalue weighted by Crippen LogP contribution is -2.12. The van der Waals surface area contributed by atoms with Gasteiger partial charge in [-0.2, -0.15) is 0 Å². The first-order valence-corrected chi connectivity index (χ1v) is 21.4. The minimum Gasteiger partial charge on any atom is -0.454 e. The van der Waals surface area contributed by atoms with E-state index in [9.17, 15) is 0 Å². The summed E-state index contributed by atoms with van der Waals surface area (Å²) in [4.78, 5) is 4.79. The molecule has 2 heterocycles. The highest BCUT2D eigenvalue weighted by molar-refractivity contribution is 6.25. The molecule has 0 amide bonds. The number of para-hydroxylation sites is 4. The molecule has 0 bridgehead atoms. The Bertz CT molecular complexity index is 3690. The van der Waals surface area contributed by atoms with Crippen LogP contribution in [-0.2, 0) is 0 Å². The van der Waals surface area contributed by atoms with Crippen molar-refractivity contribution in [2.75, 3.05) is 9.80 Å². The molecule has 4 heteroatoms. The molecule has 0 aliphatic carbocycles. The first-order valence-electron chi connectivity index (χ1n) is 21.4. The molecule has 2 aromatic heterocycles. The first kappa shape index (κ1) is 36.1. The van der Waals surface area contributed by atoms with E-state index in [-0.39, 0.29) is 0 Å². The van der Waals surface area contributed by atoms with Crippen LogP contribution in [0.2, 0.25) is 0 Å². The van der Waals surface area contributed by atoms with Crippen molar-refractivity contribution in [1.29, 1.82) is 0 Å². The SMILES string of the molecule is Cc1ccc(N(c2cc3c4ccccc4c(N(c4ccc(C(C)C)cc4)c4cccc5c4oc4ccccc45)cc3c3ccccc23)c2cccc3c2oc2ccccc23)cc1. The van der Waals surface area contributed by atoms with Gasteiger partial charge in [0.25, 0.3) is 0 Å². The largest absolute Gasteiger partial charge is 0.454 e. The second kappa shape index (κ2) is 14.1. The van der Waals surface area contributed by atoms with Gasteiger partial charge in [0, 0.05) is 43.7 Å². The van der Waals surface area contributed by atoms with E-state index in [2.05, 4.69) is 213 Å². The van der Waals surface area contributed by atoms with Crippen LogP contribution in [0.15, 0.2) is 203 Å². The van der Waals surface area contributed by atoms with Crippen LogP contribution in [0.5, 0.6) is 0 Å². The maximum atomic E-state index is 6.77. The molecule has 4 nitrogen and oxygen atoms in total. The standard InChI is InChI=1S/C58H42N2O2/c1-36(2)38-28-32-40(33-29-38)60(52-23-13-21-48-46-19-9-11-25-56(46)62-58(48)52)54-35-50-41-14-4-6-16-43(41)53(34-49(50)42-15-5-7-17-44(42)54)59(39-30-26-37(3)27-31-39)51-22-12-20-47-45-18-8-10-24-55(45)61-57(47)51/h4-36H,1-3H3. The Morgan fingerprint density at radius 3 is 1.18 bits per heavy atom. The van der Waals surface area contributed by atoms with Crippen molar-refractivity contribution < 1.29 is 8.83 Å². The van der Waals surface area contributed by atoms with Gasteiger partial charge in [0.05, 0.1) is 22.7 Å². The summed E-state index contributed by atoms with van der Waals surface area (Å²) < 4.78 is 13.5. The molecule has 0 N–H and O–H groups in total. The normalized spacial score (nSPS) is 11.9. The van der Waals surface area contributed by atoms with E-state index >= 15 is 0 Å². The molecule has 0 radical (unpaired) electrons. The third-order valence-electron chi connectivity index (χ3n) is 12.7. The molecule has 10 aromatic carbocycles. The fourth-order valence-corrected chi connectivity index (χ4v) is 9.62. The average molecular weight is 799 g/mol. The Balaban J connectivity index is 1.17. The Morgan fingerprint density at radius 2 is 0.726 bits per heavy atom. The van der Waals surface area contributed by atoms with E-state index in [1.807, 2.05) is 12.1 Å². The third-order valence-corrected chi connectivity index (χ3v) is 12.7. The molecule has 0 spiro atoms. The Morgan fingerprint density at radius 1 is 0.339 bits per heavy atom. The molecule has 0 atom stereocenters. The number of fused-ring (bicyclic) bond motifs is 11. The van der Waals surface area contributed by atoms with Crippen molar-refractivity contribution in [3.05, 3.63) is 205 Å². The second-order valence-corrected chi connectivity index (χ2v) is 16.7. The van der Waals surface area contributed by atoms with E-state index in [1.165, 1.54) is 27.3 Å². The quantitative estimate of drug-likeness (QED) is 0.150. The lowest BCUT2D eigenvalue weighted by Gasteiger charge is -2.30. The number of furan rings is 2. The van der Waals surface area contributed by atoms with Crippen molar-refractivity contribution in [2.24, 2.45) is 0 Å². The summed E-state index contributed by atoms with van der Waals surface area (Å²) in [5, 5.41) is 11.4. The second-order valence-electron chi connectivity index (χ2n) is 16.7. The highest BCUT2D eigenvalue weighted by atomic mass is 16.3. The first-order chi connectivity index (χ1) is 30.5. The van der Waals surface area contributed by atoms with Gasteiger partial charge >= 0.3 is 0 Å². The highest BCUT2D eigenvalue weighted by Gasteiger charge is 2.26. The molecule has 0 unspecified atom stereocenters. The smallest absolute Gasteiger partial charge is 0.159 e. The molecular formula is C58H42N2O2. The van der Waals surface area contributed by atoms with Gasteiger partial charge in [-0.1, -0.05) is 153 Å². The summed E-state index contributed by atoms with van der Waals surface area (Å²) in [7, 11) is 0. The summed E-state index contributed by atoms with van der Waals surface area (Å²) >= 11 is 0. The number of benzene rings is 10. The van der Waals surface area contributed by atoms with E-state index in [4.69, 9.17) is 8.83 Å². The predicted octanol–water partition coefficient (Wildman–Crippen LogP) is 17.3. The fourth-order valence-electron chi connectivity index (χ4n) is 9.62. The van der Waals surface area contributed by atoms with Gasteiger partial charge in [0.1, 0.15) is 11.2 Å². The molecular weight excluding hydrogens is 757 g/mol. The molecule has 0 saturated heterocycles. The van der Waals surface area contributed by atoms with Crippen LogP contribution in [0.1, 0.15) is 30.9 Å². The molecule has 0 saturated carbocycles. The number of rotatable bonds is 7. The van der Waals surface area contributed by atoms with Gasteiger partial charge in [-0.15, -0.1) is 0 Å². The summed E-state index contributed by atoms with van der Waals surface area (Å²) in [6.45, 7) is 6.63. The maximum absolute atomic E-state index is 6.77. The van der Waals surface area contributed by atoms with Crippen LogP contribution >= 0.6 is 0 Å². The Kier molecular flexibility index (Phi) is 8.23. The zero-order valence-corrected chi connectivity index (χ0v) is 34.8. The van der Waals surface area contributed by atoms with Gasteiger partial charge < -0.3 is 18.6 Å². The van der Waals surface area contributed by atoms with Crippen molar-refractivity contribution >= 4 is 110 Å². The van der Waals surface area contributed by atoms with E-state index in [0.717, 1.165) is 94.2 Å². The minimum absolute atomic E-state index is 0.414. The Labute approximate surface area is 359 Å². The summed E-state index contributed by atoms with van der Waals surface area (Å²) in [6, 6.07) is 70.0. The Hall–Kier alpha value is -7.82. The number of hydrogen-bond donors (Lipinski definition) is 0. The number of hydrogen-bond acceptors (Lipinski definition) is 4. The van der Waals surface area contributed by atoms with Crippen molar-refractivity contribution in [1.82, 2.24) is 0 Å². The molecule has 62 heavy (non-hydrogen) atoms. The topological polar surface area (TPSA) is 32.8 Å². The number of nitrogens with zero attached hydrogens (tertiary/aromatic N) is 2. The summed E-state index contributed by atoms with van der Waals surface area (Å²) in [5.74, 6) is 0.414. The van der Waals surface area contributed by atoms with E-state index in [1.54, 1.807) is 0 Å². The van der Waals surface area contributed by atoms with Gasteiger partial charge in [-0.05, 0) is 101 Å². The fraction of sp³-hybridized carbons (Fsp3) is 0.0690. The molecule has 0 fully saturated rings. The maximum Gasteiger partial charge on any atom is 0.159 e. The zero-order chi connectivity index (χ0) is 41.5. The monoisotopic (exact) mass is 798 g/mol. The third kappa shape index (κ3) is 5.60. The van der Waals surface area contributed by atoms with Crippen LogP contribution in [0.25, 0.3) is 76.2 Å². The van der Waals surface area contributed by atoms with Crippen LogP contribution in [0, 0.1) is 6.92 Å². The van der Waals surface area contributed by atoms with Crippen LogP contribution in [-0.4, -0.2) is 0 Å². The predicted molar refractivity (Wildman–Crippen MR) is 262 cm³/mol. The van der Waals surface area contributed by atoms with Crippen molar-refractivity contribution in [3.8, 4) is 0 Å². The average Bonchev–Trinajstić information content (AvgIpc) is 3.90. The lowest BCUT2D eigenvalue weighted by atomic mass is 9.93. The zero-order valence-electron chi connectivity index (χ0n) is 34.8. The molecule has 12 rings (SSSR count). The van der Waals surface area contributed by atoms with Gasteiger partial charge in [0.15, 0.2) is 11.2 Å².